The zero-order valence-electron chi connectivity index (χ0n) is 9.05. The van der Waals surface area contributed by atoms with E-state index in [0.29, 0.717) is 12.5 Å². The van der Waals surface area contributed by atoms with E-state index in [2.05, 4.69) is 19.2 Å². The average Bonchev–Trinajstić information content (AvgIpc) is 2.01. The Morgan fingerprint density at radius 1 is 1.31 bits per heavy atom. The SMILES string of the molecule is CC(C)COCCCNC[C@H](C)O. The molecule has 80 valence electrons. The number of rotatable bonds is 8. The van der Waals surface area contributed by atoms with Gasteiger partial charge in [-0.05, 0) is 25.8 Å². The Balaban J connectivity index is 2.92. The molecule has 0 saturated carbocycles. The van der Waals surface area contributed by atoms with Gasteiger partial charge in [-0.2, -0.15) is 0 Å². The minimum atomic E-state index is -0.253. The van der Waals surface area contributed by atoms with Gasteiger partial charge in [0.1, 0.15) is 0 Å². The van der Waals surface area contributed by atoms with Crippen molar-refractivity contribution in [2.24, 2.45) is 5.92 Å². The molecule has 0 rings (SSSR count). The lowest BCUT2D eigenvalue weighted by Crippen LogP contribution is -2.26. The number of hydrogen-bond acceptors (Lipinski definition) is 3. The lowest BCUT2D eigenvalue weighted by molar-refractivity contribution is 0.107. The molecule has 0 aromatic heterocycles. The van der Waals surface area contributed by atoms with E-state index < -0.39 is 0 Å². The first-order valence-corrected chi connectivity index (χ1v) is 5.09. The highest BCUT2D eigenvalue weighted by Crippen LogP contribution is 1.92. The van der Waals surface area contributed by atoms with Crippen LogP contribution in [0.4, 0.5) is 0 Å². The summed E-state index contributed by atoms with van der Waals surface area (Å²) in [5, 5.41) is 12.1. The predicted octanol–water partition coefficient (Wildman–Crippen LogP) is 1.02. The highest BCUT2D eigenvalue weighted by Gasteiger charge is 1.95. The fourth-order valence-electron chi connectivity index (χ4n) is 0.929. The van der Waals surface area contributed by atoms with Crippen molar-refractivity contribution in [1.82, 2.24) is 5.32 Å². The van der Waals surface area contributed by atoms with Gasteiger partial charge >= 0.3 is 0 Å². The molecule has 0 spiro atoms. The summed E-state index contributed by atoms with van der Waals surface area (Å²) in [6.07, 6.45) is 0.760. The van der Waals surface area contributed by atoms with Gasteiger partial charge in [-0.25, -0.2) is 0 Å². The Kier molecular flexibility index (Phi) is 8.40. The first-order chi connectivity index (χ1) is 6.13. The van der Waals surface area contributed by atoms with Crippen molar-refractivity contribution in [3.63, 3.8) is 0 Å². The largest absolute Gasteiger partial charge is 0.392 e. The van der Waals surface area contributed by atoms with Gasteiger partial charge in [0.25, 0.3) is 0 Å². The van der Waals surface area contributed by atoms with Crippen LogP contribution < -0.4 is 5.32 Å². The van der Waals surface area contributed by atoms with Gasteiger partial charge < -0.3 is 15.2 Å². The van der Waals surface area contributed by atoms with Crippen molar-refractivity contribution >= 4 is 0 Å². The van der Waals surface area contributed by atoms with Crippen LogP contribution in [-0.4, -0.2) is 37.5 Å². The molecule has 0 unspecified atom stereocenters. The van der Waals surface area contributed by atoms with E-state index >= 15 is 0 Å². The number of hydrogen-bond donors (Lipinski definition) is 2. The van der Waals surface area contributed by atoms with Crippen LogP contribution in [0.1, 0.15) is 27.2 Å². The Morgan fingerprint density at radius 3 is 2.54 bits per heavy atom. The second-order valence-electron chi connectivity index (χ2n) is 3.88. The summed E-state index contributed by atoms with van der Waals surface area (Å²) in [5.74, 6) is 0.616. The van der Waals surface area contributed by atoms with E-state index in [1.165, 1.54) is 0 Å². The Labute approximate surface area is 81.5 Å². The highest BCUT2D eigenvalue weighted by atomic mass is 16.5. The van der Waals surface area contributed by atoms with Crippen molar-refractivity contribution in [3.05, 3.63) is 0 Å². The molecular formula is C10H23NO2. The molecule has 1 atom stereocenters. The molecule has 13 heavy (non-hydrogen) atoms. The van der Waals surface area contributed by atoms with Crippen molar-refractivity contribution in [3.8, 4) is 0 Å². The highest BCUT2D eigenvalue weighted by molar-refractivity contribution is 4.52. The third-order valence-electron chi connectivity index (χ3n) is 1.53. The minimum Gasteiger partial charge on any atom is -0.392 e. The van der Waals surface area contributed by atoms with Crippen molar-refractivity contribution < 1.29 is 9.84 Å². The fraction of sp³-hybridized carbons (Fsp3) is 1.00. The summed E-state index contributed by atoms with van der Waals surface area (Å²) in [6, 6.07) is 0. The maximum atomic E-state index is 8.93. The minimum absolute atomic E-state index is 0.253. The number of aliphatic hydroxyl groups is 1. The first kappa shape index (κ1) is 12.9. The van der Waals surface area contributed by atoms with Gasteiger partial charge in [-0.1, -0.05) is 13.8 Å². The Morgan fingerprint density at radius 2 is 2.00 bits per heavy atom. The van der Waals surface area contributed by atoms with Gasteiger partial charge in [0.05, 0.1) is 6.10 Å². The fourth-order valence-corrected chi connectivity index (χ4v) is 0.929. The molecule has 3 heteroatoms. The second kappa shape index (κ2) is 8.48. The number of aliphatic hydroxyl groups excluding tert-OH is 1. The maximum absolute atomic E-state index is 8.93. The molecular weight excluding hydrogens is 166 g/mol. The maximum Gasteiger partial charge on any atom is 0.0636 e. The quantitative estimate of drug-likeness (QED) is 0.560. The van der Waals surface area contributed by atoms with Gasteiger partial charge in [0.15, 0.2) is 0 Å². The van der Waals surface area contributed by atoms with Gasteiger partial charge in [0.2, 0.25) is 0 Å². The average molecular weight is 189 g/mol. The van der Waals surface area contributed by atoms with E-state index in [-0.39, 0.29) is 6.10 Å². The molecule has 0 amide bonds. The summed E-state index contributed by atoms with van der Waals surface area (Å²) >= 11 is 0. The first-order valence-electron chi connectivity index (χ1n) is 5.09. The summed E-state index contributed by atoms with van der Waals surface area (Å²) < 4.78 is 5.40. The molecule has 0 saturated heterocycles. The summed E-state index contributed by atoms with van der Waals surface area (Å²) in [7, 11) is 0. The second-order valence-corrected chi connectivity index (χ2v) is 3.88. The lowest BCUT2D eigenvalue weighted by Gasteiger charge is -2.08. The molecule has 0 radical (unpaired) electrons. The van der Waals surface area contributed by atoms with Crippen LogP contribution in [0.2, 0.25) is 0 Å². The van der Waals surface area contributed by atoms with E-state index in [0.717, 1.165) is 26.2 Å². The van der Waals surface area contributed by atoms with Crippen LogP contribution in [0.15, 0.2) is 0 Å². The Hall–Kier alpha value is -0.120. The summed E-state index contributed by atoms with van der Waals surface area (Å²) in [6.45, 7) is 9.31. The third kappa shape index (κ3) is 11.9. The molecule has 0 aliphatic heterocycles. The zero-order valence-corrected chi connectivity index (χ0v) is 9.05. The molecule has 0 heterocycles. The molecule has 3 nitrogen and oxygen atoms in total. The third-order valence-corrected chi connectivity index (χ3v) is 1.53. The summed E-state index contributed by atoms with van der Waals surface area (Å²) in [4.78, 5) is 0. The Bertz CT molecular complexity index is 93.1. The number of ether oxygens (including phenoxy) is 1. The van der Waals surface area contributed by atoms with Crippen LogP contribution in [-0.2, 0) is 4.74 Å². The van der Waals surface area contributed by atoms with Crippen LogP contribution >= 0.6 is 0 Å². The zero-order chi connectivity index (χ0) is 10.1. The molecule has 0 aromatic rings. The van der Waals surface area contributed by atoms with Crippen LogP contribution in [0.3, 0.4) is 0 Å². The van der Waals surface area contributed by atoms with Crippen LogP contribution in [0.5, 0.6) is 0 Å². The normalized spacial score (nSPS) is 13.6. The van der Waals surface area contributed by atoms with Crippen LogP contribution in [0.25, 0.3) is 0 Å². The molecule has 0 aliphatic carbocycles. The topological polar surface area (TPSA) is 41.5 Å². The van der Waals surface area contributed by atoms with Gasteiger partial charge in [-0.15, -0.1) is 0 Å². The molecule has 0 fully saturated rings. The smallest absolute Gasteiger partial charge is 0.0636 e. The van der Waals surface area contributed by atoms with E-state index in [9.17, 15) is 0 Å². The lowest BCUT2D eigenvalue weighted by atomic mass is 10.2. The van der Waals surface area contributed by atoms with Gasteiger partial charge in [0, 0.05) is 19.8 Å². The monoisotopic (exact) mass is 189 g/mol. The van der Waals surface area contributed by atoms with Crippen LogP contribution in [0, 0.1) is 5.92 Å². The van der Waals surface area contributed by atoms with E-state index in [1.807, 2.05) is 0 Å². The van der Waals surface area contributed by atoms with E-state index in [1.54, 1.807) is 6.92 Å². The predicted molar refractivity (Wildman–Crippen MR) is 54.8 cm³/mol. The van der Waals surface area contributed by atoms with E-state index in [4.69, 9.17) is 9.84 Å². The molecule has 0 bridgehead atoms. The van der Waals surface area contributed by atoms with Crippen molar-refractivity contribution in [1.29, 1.82) is 0 Å². The standard InChI is InChI=1S/C10H23NO2/c1-9(2)8-13-6-4-5-11-7-10(3)12/h9-12H,4-8H2,1-3H3/t10-/m0/s1. The molecule has 0 aliphatic rings. The van der Waals surface area contributed by atoms with Crippen molar-refractivity contribution in [2.75, 3.05) is 26.3 Å². The van der Waals surface area contributed by atoms with Crippen molar-refractivity contribution in [2.45, 2.75) is 33.3 Å². The van der Waals surface area contributed by atoms with Gasteiger partial charge in [-0.3, -0.25) is 0 Å². The number of nitrogens with one attached hydrogen (secondary N) is 1. The molecule has 2 N–H and O–H groups in total. The molecule has 0 aromatic carbocycles. The summed E-state index contributed by atoms with van der Waals surface area (Å²) in [5.41, 5.74) is 0.